The molecular weight excluding hydrogens is 164 g/mol. The van der Waals surface area contributed by atoms with Gasteiger partial charge in [-0.3, -0.25) is 0 Å². The van der Waals surface area contributed by atoms with Gasteiger partial charge in [0.1, 0.15) is 4.99 Å². The maximum Gasteiger partial charge on any atom is 0.150 e. The summed E-state index contributed by atoms with van der Waals surface area (Å²) in [7, 11) is 0. The van der Waals surface area contributed by atoms with Crippen molar-refractivity contribution in [2.24, 2.45) is 5.73 Å². The van der Waals surface area contributed by atoms with E-state index in [1.54, 1.807) is 11.3 Å². The van der Waals surface area contributed by atoms with Gasteiger partial charge in [0.25, 0.3) is 0 Å². The lowest BCUT2D eigenvalue weighted by molar-refractivity contribution is 1.17. The van der Waals surface area contributed by atoms with Gasteiger partial charge in [0, 0.05) is 11.1 Å². The first kappa shape index (κ1) is 7.63. The first-order valence-electron chi connectivity index (χ1n) is 2.98. The second-order valence-corrected chi connectivity index (χ2v) is 3.40. The molecule has 0 aliphatic carbocycles. The number of rotatable bonds is 2. The van der Waals surface area contributed by atoms with Gasteiger partial charge in [0.15, 0.2) is 5.01 Å². The number of aryl methyl sites for hydroxylation is 1. The number of thiazole rings is 1. The van der Waals surface area contributed by atoms with Crippen LogP contribution in [0.25, 0.3) is 0 Å². The summed E-state index contributed by atoms with van der Waals surface area (Å²) in [5.74, 6) is 0. The number of hydrogen-bond donors (Lipinski definition) is 1. The summed E-state index contributed by atoms with van der Waals surface area (Å²) in [4.78, 5) is 5.66. The zero-order chi connectivity index (χ0) is 7.56. The van der Waals surface area contributed by atoms with Crippen molar-refractivity contribution in [1.82, 2.24) is 4.98 Å². The minimum absolute atomic E-state index is 0.393. The Balaban J connectivity index is 2.88. The second-order valence-electron chi connectivity index (χ2n) is 1.85. The smallest absolute Gasteiger partial charge is 0.150 e. The van der Waals surface area contributed by atoms with Crippen molar-refractivity contribution < 1.29 is 0 Å². The maximum absolute atomic E-state index is 5.36. The highest BCUT2D eigenvalue weighted by Crippen LogP contribution is 2.12. The molecule has 0 aliphatic heterocycles. The van der Waals surface area contributed by atoms with Crippen LogP contribution in [0.15, 0.2) is 6.20 Å². The summed E-state index contributed by atoms with van der Waals surface area (Å²) < 4.78 is 0. The number of thiocarbonyl (C=S) groups is 1. The monoisotopic (exact) mass is 172 g/mol. The van der Waals surface area contributed by atoms with Crippen molar-refractivity contribution in [2.75, 3.05) is 0 Å². The van der Waals surface area contributed by atoms with E-state index in [1.807, 2.05) is 6.20 Å². The van der Waals surface area contributed by atoms with Crippen LogP contribution in [0.1, 0.15) is 16.8 Å². The van der Waals surface area contributed by atoms with Crippen molar-refractivity contribution in [3.8, 4) is 0 Å². The standard InChI is InChI=1S/C6H8N2S2/c1-2-4-3-8-6(10-4)5(7)9/h3H,2H2,1H3,(H2,7,9). The first-order chi connectivity index (χ1) is 4.74. The molecule has 0 spiro atoms. The Morgan fingerprint density at radius 3 is 2.90 bits per heavy atom. The van der Waals surface area contributed by atoms with E-state index in [0.29, 0.717) is 4.99 Å². The van der Waals surface area contributed by atoms with Crippen molar-refractivity contribution in [3.63, 3.8) is 0 Å². The molecule has 0 fully saturated rings. The highest BCUT2D eigenvalue weighted by molar-refractivity contribution is 7.81. The van der Waals surface area contributed by atoms with Crippen LogP contribution in [-0.2, 0) is 6.42 Å². The topological polar surface area (TPSA) is 38.9 Å². The minimum Gasteiger partial charge on any atom is -0.387 e. The molecule has 1 heterocycles. The van der Waals surface area contributed by atoms with E-state index < -0.39 is 0 Å². The van der Waals surface area contributed by atoms with Gasteiger partial charge < -0.3 is 5.73 Å². The molecule has 2 nitrogen and oxygen atoms in total. The molecule has 0 unspecified atom stereocenters. The van der Waals surface area contributed by atoms with Crippen molar-refractivity contribution in [2.45, 2.75) is 13.3 Å². The van der Waals surface area contributed by atoms with Crippen LogP contribution in [0.5, 0.6) is 0 Å². The molecule has 0 amide bonds. The molecule has 0 bridgehead atoms. The molecule has 4 heteroatoms. The van der Waals surface area contributed by atoms with Gasteiger partial charge in [0.05, 0.1) is 0 Å². The Kier molecular flexibility index (Phi) is 2.34. The second kappa shape index (κ2) is 3.07. The summed E-state index contributed by atoms with van der Waals surface area (Å²) in [6.45, 7) is 2.08. The van der Waals surface area contributed by atoms with Crippen LogP contribution < -0.4 is 5.73 Å². The molecule has 2 N–H and O–H groups in total. The predicted octanol–water partition coefficient (Wildman–Crippen LogP) is 1.34. The fourth-order valence-electron chi connectivity index (χ4n) is 0.585. The first-order valence-corrected chi connectivity index (χ1v) is 4.21. The largest absolute Gasteiger partial charge is 0.387 e. The average Bonchev–Trinajstić information content (AvgIpc) is 2.34. The van der Waals surface area contributed by atoms with E-state index >= 15 is 0 Å². The van der Waals surface area contributed by atoms with E-state index in [-0.39, 0.29) is 0 Å². The van der Waals surface area contributed by atoms with Gasteiger partial charge in [0.2, 0.25) is 0 Å². The number of nitrogens with zero attached hydrogens (tertiary/aromatic N) is 1. The highest BCUT2D eigenvalue weighted by Gasteiger charge is 2.00. The van der Waals surface area contributed by atoms with Crippen LogP contribution in [0, 0.1) is 0 Å². The van der Waals surface area contributed by atoms with Gasteiger partial charge in [-0.1, -0.05) is 19.1 Å². The van der Waals surface area contributed by atoms with E-state index in [9.17, 15) is 0 Å². The normalized spacial score (nSPS) is 9.70. The van der Waals surface area contributed by atoms with Gasteiger partial charge in [-0.15, -0.1) is 11.3 Å². The van der Waals surface area contributed by atoms with Crippen molar-refractivity contribution in [3.05, 3.63) is 16.1 Å². The molecule has 0 radical (unpaired) electrons. The molecule has 0 atom stereocenters. The van der Waals surface area contributed by atoms with Crippen molar-refractivity contribution in [1.29, 1.82) is 0 Å². The van der Waals surface area contributed by atoms with Gasteiger partial charge in [-0.25, -0.2) is 4.98 Å². The minimum atomic E-state index is 0.393. The number of nitrogens with two attached hydrogens (primary N) is 1. The zero-order valence-electron chi connectivity index (χ0n) is 5.63. The molecule has 54 valence electrons. The van der Waals surface area contributed by atoms with Gasteiger partial charge in [-0.05, 0) is 6.42 Å². The summed E-state index contributed by atoms with van der Waals surface area (Å²) in [5.41, 5.74) is 5.36. The molecule has 10 heavy (non-hydrogen) atoms. The molecular formula is C6H8N2S2. The third-order valence-corrected chi connectivity index (χ3v) is 2.61. The molecule has 0 saturated carbocycles. The SMILES string of the molecule is CCc1cnc(C(N)=S)s1. The fourth-order valence-corrected chi connectivity index (χ4v) is 1.47. The Morgan fingerprint density at radius 1 is 1.90 bits per heavy atom. The lowest BCUT2D eigenvalue weighted by Gasteiger charge is -1.85. The molecule has 0 aliphatic rings. The fraction of sp³-hybridized carbons (Fsp3) is 0.333. The number of aromatic nitrogens is 1. The Morgan fingerprint density at radius 2 is 2.60 bits per heavy atom. The molecule has 1 aromatic heterocycles. The van der Waals surface area contributed by atoms with Crippen LogP contribution in [0.4, 0.5) is 0 Å². The summed E-state index contributed by atoms with van der Waals surface area (Å²) in [6.07, 6.45) is 2.82. The summed E-state index contributed by atoms with van der Waals surface area (Å²) in [5, 5.41) is 0.770. The van der Waals surface area contributed by atoms with Gasteiger partial charge >= 0.3 is 0 Å². The van der Waals surface area contributed by atoms with E-state index in [1.165, 1.54) is 4.88 Å². The zero-order valence-corrected chi connectivity index (χ0v) is 7.26. The van der Waals surface area contributed by atoms with Crippen LogP contribution >= 0.6 is 23.6 Å². The summed E-state index contributed by atoms with van der Waals surface area (Å²) in [6, 6.07) is 0. The molecule has 1 aromatic rings. The van der Waals surface area contributed by atoms with Gasteiger partial charge in [-0.2, -0.15) is 0 Å². The third-order valence-electron chi connectivity index (χ3n) is 1.11. The molecule has 0 aromatic carbocycles. The predicted molar refractivity (Wildman–Crippen MR) is 47.4 cm³/mol. The van der Waals surface area contributed by atoms with Crippen LogP contribution in [0.2, 0.25) is 0 Å². The van der Waals surface area contributed by atoms with Crippen molar-refractivity contribution >= 4 is 28.5 Å². The quantitative estimate of drug-likeness (QED) is 0.684. The third kappa shape index (κ3) is 1.52. The van der Waals surface area contributed by atoms with Crippen LogP contribution in [-0.4, -0.2) is 9.97 Å². The lowest BCUT2D eigenvalue weighted by atomic mass is 10.4. The lowest BCUT2D eigenvalue weighted by Crippen LogP contribution is -2.07. The van der Waals surface area contributed by atoms with E-state index in [4.69, 9.17) is 18.0 Å². The van der Waals surface area contributed by atoms with E-state index in [0.717, 1.165) is 11.4 Å². The Hall–Kier alpha value is -0.480. The average molecular weight is 172 g/mol. The Bertz CT molecular complexity index is 242. The Labute approximate surface area is 69.1 Å². The van der Waals surface area contributed by atoms with Crippen LogP contribution in [0.3, 0.4) is 0 Å². The highest BCUT2D eigenvalue weighted by atomic mass is 32.1. The molecule has 0 saturated heterocycles. The molecule has 1 rings (SSSR count). The van der Waals surface area contributed by atoms with E-state index in [2.05, 4.69) is 11.9 Å². The maximum atomic E-state index is 5.36. The summed E-state index contributed by atoms with van der Waals surface area (Å²) >= 11 is 6.31. The number of hydrogen-bond acceptors (Lipinski definition) is 3.